The lowest BCUT2D eigenvalue weighted by molar-refractivity contribution is 0.0931. The monoisotopic (exact) mass is 1370 g/mol. The molecule has 18 aromatic carbocycles. The number of carbonyl (C=O) groups is 6. The highest BCUT2D eigenvalue weighted by Crippen LogP contribution is 2.41. The summed E-state index contributed by atoms with van der Waals surface area (Å²) in [7, 11) is 0. The summed E-state index contributed by atoms with van der Waals surface area (Å²) >= 11 is 0. The first-order valence-corrected chi connectivity index (χ1v) is 35.5. The topological polar surface area (TPSA) is 187 Å². The predicted octanol–water partition coefficient (Wildman–Crippen LogP) is 18.3. The van der Waals surface area contributed by atoms with E-state index in [1.165, 1.54) is 33.7 Å². The van der Waals surface area contributed by atoms with E-state index in [4.69, 9.17) is 0 Å². The Morgan fingerprint density at radius 1 is 0.208 bits per heavy atom. The maximum absolute atomic E-state index is 14.5. The Hall–Kier alpha value is -13.9. The van der Waals surface area contributed by atoms with Crippen LogP contribution < -0.4 is 31.9 Å². The summed E-state index contributed by atoms with van der Waals surface area (Å²) < 4.78 is 0. The SMILES string of the molecule is O=C(NCc1ccc2ccc3cccc4ccc1c2c34)c1cc(CNC(=O)c2cccc(C(=O)NCc3cc(C(=O)NCc4ccc5ccc6cccc7ccc4c5c67)cc(C(=O)NCc4ccc5ccc6cccc7ccc4c5c67)c3)n2)cc(C(=O)NCc2ccc3ccc4cccc5ccc2c3c45)c1. The van der Waals surface area contributed by atoms with Crippen LogP contribution in [0.5, 0.6) is 0 Å². The average Bonchev–Trinajstić information content (AvgIpc) is 0.760. The molecule has 0 aliphatic carbocycles. The molecule has 0 radical (unpaired) electrons. The summed E-state index contributed by atoms with van der Waals surface area (Å²) in [5.74, 6) is -2.89. The van der Waals surface area contributed by atoms with Crippen LogP contribution >= 0.6 is 0 Å². The Labute approximate surface area is 606 Å². The van der Waals surface area contributed by atoms with Crippen molar-refractivity contribution in [3.05, 3.63) is 340 Å². The summed E-state index contributed by atoms with van der Waals surface area (Å²) in [5, 5.41) is 45.2. The smallest absolute Gasteiger partial charge is 0.270 e. The summed E-state index contributed by atoms with van der Waals surface area (Å²) in [5.41, 5.74) is 5.40. The molecule has 6 N–H and O–H groups in total. The van der Waals surface area contributed by atoms with Crippen LogP contribution in [-0.2, 0) is 39.3 Å². The molecular weight excluding hydrogens is 1310 g/mol. The van der Waals surface area contributed by atoms with Gasteiger partial charge in [0.15, 0.2) is 0 Å². The second-order valence-corrected chi connectivity index (χ2v) is 27.7. The Morgan fingerprint density at radius 2 is 0.415 bits per heavy atom. The van der Waals surface area contributed by atoms with E-state index >= 15 is 0 Å². The van der Waals surface area contributed by atoms with Gasteiger partial charge in [-0.05, 0) is 211 Å². The van der Waals surface area contributed by atoms with Gasteiger partial charge < -0.3 is 31.9 Å². The van der Waals surface area contributed by atoms with Gasteiger partial charge in [-0.1, -0.05) is 224 Å². The first-order valence-electron chi connectivity index (χ1n) is 35.5. The largest absolute Gasteiger partial charge is 0.348 e. The Morgan fingerprint density at radius 3 is 0.670 bits per heavy atom. The highest BCUT2D eigenvalue weighted by Gasteiger charge is 2.22. The molecule has 1 aromatic heterocycles. The number of hydrogen-bond donors (Lipinski definition) is 6. The molecule has 13 heteroatoms. The summed E-state index contributed by atoms with van der Waals surface area (Å²) in [6, 6.07) is 89.7. The zero-order valence-electron chi connectivity index (χ0n) is 57.1. The lowest BCUT2D eigenvalue weighted by atomic mass is 9.92. The molecule has 0 saturated carbocycles. The molecule has 506 valence electrons. The number of amides is 6. The number of pyridine rings is 1. The van der Waals surface area contributed by atoms with Crippen LogP contribution in [0.2, 0.25) is 0 Å². The molecule has 0 unspecified atom stereocenters. The Bertz CT molecular complexity index is 6050. The highest BCUT2D eigenvalue weighted by molar-refractivity contribution is 6.27. The van der Waals surface area contributed by atoms with E-state index in [9.17, 15) is 28.8 Å². The van der Waals surface area contributed by atoms with Crippen LogP contribution in [0.1, 0.15) is 95.8 Å². The quantitative estimate of drug-likeness (QED) is 0.0461. The fraction of sp³-hybridized carbons (Fsp3) is 0.0645. The molecule has 19 rings (SSSR count). The first kappa shape index (κ1) is 63.0. The van der Waals surface area contributed by atoms with Crippen molar-refractivity contribution in [3.63, 3.8) is 0 Å². The van der Waals surface area contributed by atoms with Gasteiger partial charge in [-0.15, -0.1) is 0 Å². The molecule has 0 saturated heterocycles. The van der Waals surface area contributed by atoms with Gasteiger partial charge in [-0.3, -0.25) is 28.8 Å². The minimum Gasteiger partial charge on any atom is -0.348 e. The molecule has 0 atom stereocenters. The van der Waals surface area contributed by atoms with E-state index < -0.39 is 35.4 Å². The molecule has 13 nitrogen and oxygen atoms in total. The Balaban J connectivity index is 0.573. The number of nitrogens with zero attached hydrogens (tertiary/aromatic N) is 1. The number of rotatable bonds is 18. The maximum atomic E-state index is 14.5. The molecule has 0 fully saturated rings. The molecule has 1 heterocycles. The Kier molecular flexibility index (Phi) is 15.2. The van der Waals surface area contributed by atoms with Gasteiger partial charge in [0.25, 0.3) is 35.4 Å². The van der Waals surface area contributed by atoms with Crippen molar-refractivity contribution in [3.8, 4) is 0 Å². The van der Waals surface area contributed by atoms with Gasteiger partial charge in [0.05, 0.1) is 0 Å². The number of nitrogens with one attached hydrogen (secondary N) is 6. The van der Waals surface area contributed by atoms with Crippen molar-refractivity contribution < 1.29 is 28.8 Å². The van der Waals surface area contributed by atoms with Crippen molar-refractivity contribution in [1.29, 1.82) is 0 Å². The number of aromatic nitrogens is 1. The minimum atomic E-state index is -0.614. The molecule has 0 bridgehead atoms. The van der Waals surface area contributed by atoms with Crippen molar-refractivity contribution >= 4 is 165 Å². The van der Waals surface area contributed by atoms with E-state index in [1.54, 1.807) is 42.5 Å². The van der Waals surface area contributed by atoms with E-state index in [-0.39, 0.29) is 72.9 Å². The third kappa shape index (κ3) is 11.1. The van der Waals surface area contributed by atoms with E-state index in [0.717, 1.165) is 130 Å². The molecule has 0 spiro atoms. The lowest BCUT2D eigenvalue weighted by Crippen LogP contribution is -2.29. The van der Waals surface area contributed by atoms with Crippen LogP contribution in [0.25, 0.3) is 129 Å². The third-order valence-corrected chi connectivity index (χ3v) is 21.4. The highest BCUT2D eigenvalue weighted by atomic mass is 16.2. The van der Waals surface area contributed by atoms with Crippen molar-refractivity contribution in [1.82, 2.24) is 36.9 Å². The van der Waals surface area contributed by atoms with Gasteiger partial charge >= 0.3 is 0 Å². The zero-order valence-corrected chi connectivity index (χ0v) is 57.1. The van der Waals surface area contributed by atoms with E-state index in [2.05, 4.69) is 231 Å². The van der Waals surface area contributed by atoms with Crippen molar-refractivity contribution in [2.24, 2.45) is 0 Å². The average molecular weight is 1370 g/mol. The van der Waals surface area contributed by atoms with Gasteiger partial charge in [0, 0.05) is 61.5 Å². The van der Waals surface area contributed by atoms with Crippen LogP contribution in [-0.4, -0.2) is 40.4 Å². The summed E-state index contributed by atoms with van der Waals surface area (Å²) in [4.78, 5) is 91.0. The van der Waals surface area contributed by atoms with Crippen LogP contribution in [0.4, 0.5) is 0 Å². The van der Waals surface area contributed by atoms with Crippen LogP contribution in [0.3, 0.4) is 0 Å². The van der Waals surface area contributed by atoms with Crippen molar-refractivity contribution in [2.45, 2.75) is 39.3 Å². The maximum Gasteiger partial charge on any atom is 0.270 e. The molecule has 106 heavy (non-hydrogen) atoms. The van der Waals surface area contributed by atoms with Gasteiger partial charge in [0.2, 0.25) is 0 Å². The fourth-order valence-corrected chi connectivity index (χ4v) is 16.3. The lowest BCUT2D eigenvalue weighted by Gasteiger charge is -2.16. The zero-order chi connectivity index (χ0) is 71.3. The molecule has 0 aliphatic rings. The van der Waals surface area contributed by atoms with E-state index in [0.29, 0.717) is 11.1 Å². The van der Waals surface area contributed by atoms with Gasteiger partial charge in [-0.25, -0.2) is 4.98 Å². The standard InChI is InChI=1S/C93H63N7O6/c101-88(96-48-66-28-24-62-20-16-54-6-1-10-58-32-36-74(66)84(62)80(54)58)70-40-52(41-71(44-70)89(102)97-49-67-29-25-63-21-17-55-7-2-11-59-33-37-75(67)85(63)81(55)59)46-94-92(105)78-14-5-15-79(100-78)93(106)95-47-53-42-72(90(103)98-50-68-30-26-64-22-18-56-8-3-12-60-34-38-76(68)86(64)82(56)60)45-73(43-53)91(104)99-51-69-31-27-65-23-19-57-9-4-13-61-35-39-77(69)87(65)83(57)61/h1-45H,46-51H2,(H,94,105)(H,95,106)(H,96,101)(H,97,102)(H,98,103)(H,99,104). The second-order valence-electron chi connectivity index (χ2n) is 27.7. The minimum absolute atomic E-state index is 0.0620. The van der Waals surface area contributed by atoms with Gasteiger partial charge in [0.1, 0.15) is 11.4 Å². The normalized spacial score (nSPS) is 11.8. The number of hydrogen-bond acceptors (Lipinski definition) is 7. The van der Waals surface area contributed by atoms with Crippen LogP contribution in [0.15, 0.2) is 273 Å². The fourth-order valence-electron chi connectivity index (χ4n) is 16.3. The summed E-state index contributed by atoms with van der Waals surface area (Å²) in [6.07, 6.45) is 0. The first-order chi connectivity index (χ1) is 52.0. The van der Waals surface area contributed by atoms with Crippen molar-refractivity contribution in [2.75, 3.05) is 0 Å². The molecule has 19 aromatic rings. The molecule has 0 aliphatic heterocycles. The molecule has 6 amide bonds. The summed E-state index contributed by atoms with van der Waals surface area (Å²) in [6.45, 7) is 0.600. The van der Waals surface area contributed by atoms with Crippen LogP contribution in [0, 0.1) is 0 Å². The number of benzene rings is 18. The third-order valence-electron chi connectivity index (χ3n) is 21.4. The predicted molar refractivity (Wildman–Crippen MR) is 425 cm³/mol. The number of carbonyl (C=O) groups excluding carboxylic acids is 6. The second kappa shape index (κ2) is 25.6. The van der Waals surface area contributed by atoms with Gasteiger partial charge in [-0.2, -0.15) is 0 Å². The van der Waals surface area contributed by atoms with E-state index in [1.807, 2.05) is 24.3 Å². The molecular formula is C93H63N7O6.